The van der Waals surface area contributed by atoms with E-state index in [2.05, 4.69) is 29.4 Å². The van der Waals surface area contributed by atoms with Gasteiger partial charge in [-0.25, -0.2) is 0 Å². The van der Waals surface area contributed by atoms with Crippen LogP contribution >= 0.6 is 0 Å². The van der Waals surface area contributed by atoms with E-state index in [0.717, 1.165) is 13.1 Å². The van der Waals surface area contributed by atoms with E-state index >= 15 is 0 Å². The largest absolute Gasteiger partial charge is 0.359 e. The van der Waals surface area contributed by atoms with Gasteiger partial charge < -0.3 is 15.5 Å². The van der Waals surface area contributed by atoms with E-state index in [9.17, 15) is 4.79 Å². The highest BCUT2D eigenvalue weighted by molar-refractivity contribution is 5.81. The molecule has 1 unspecified atom stereocenters. The molecule has 0 spiro atoms. The Kier molecular flexibility index (Phi) is 6.27. The zero-order valence-corrected chi connectivity index (χ0v) is 13.3. The topological polar surface area (TPSA) is 44.4 Å². The Morgan fingerprint density at radius 1 is 1.32 bits per heavy atom. The summed E-state index contributed by atoms with van der Waals surface area (Å²) in [7, 11) is 1.70. The smallest absolute Gasteiger partial charge is 0.226 e. The molecule has 1 saturated heterocycles. The molecule has 0 saturated carbocycles. The standard InChI is InChI=1S/C15H31N3O/c1-12(2)18-9-6-7-13(8-10-18)17-11-15(3,4)14(19)16-5/h12-13,17H,6-11H2,1-5H3,(H,16,19). The summed E-state index contributed by atoms with van der Waals surface area (Å²) in [5, 5.41) is 6.33. The molecule has 1 fully saturated rings. The Labute approximate surface area is 118 Å². The lowest BCUT2D eigenvalue weighted by Crippen LogP contribution is -2.45. The van der Waals surface area contributed by atoms with Crippen LogP contribution in [0.2, 0.25) is 0 Å². The van der Waals surface area contributed by atoms with Crippen molar-refractivity contribution in [2.24, 2.45) is 5.41 Å². The number of carbonyl (C=O) groups excluding carboxylic acids is 1. The van der Waals surface area contributed by atoms with E-state index < -0.39 is 0 Å². The molecule has 4 heteroatoms. The first-order chi connectivity index (χ1) is 8.86. The van der Waals surface area contributed by atoms with E-state index in [-0.39, 0.29) is 11.3 Å². The number of hydrogen-bond acceptors (Lipinski definition) is 3. The van der Waals surface area contributed by atoms with Crippen LogP contribution in [-0.4, -0.2) is 49.6 Å². The second-order valence-corrected chi connectivity index (χ2v) is 6.60. The van der Waals surface area contributed by atoms with Crippen molar-refractivity contribution >= 4 is 5.91 Å². The summed E-state index contributed by atoms with van der Waals surface area (Å²) in [5.41, 5.74) is -0.335. The third-order valence-corrected chi connectivity index (χ3v) is 4.17. The molecule has 2 N–H and O–H groups in total. The van der Waals surface area contributed by atoms with Gasteiger partial charge in [-0.15, -0.1) is 0 Å². The first kappa shape index (κ1) is 16.4. The molecule has 0 aromatic rings. The maximum absolute atomic E-state index is 11.8. The Hall–Kier alpha value is -0.610. The van der Waals surface area contributed by atoms with Crippen LogP contribution in [-0.2, 0) is 4.79 Å². The highest BCUT2D eigenvalue weighted by atomic mass is 16.2. The van der Waals surface area contributed by atoms with Crippen LogP contribution < -0.4 is 10.6 Å². The average Bonchev–Trinajstić information content (AvgIpc) is 2.60. The van der Waals surface area contributed by atoms with Gasteiger partial charge >= 0.3 is 0 Å². The van der Waals surface area contributed by atoms with Crippen molar-refractivity contribution in [1.82, 2.24) is 15.5 Å². The van der Waals surface area contributed by atoms with Gasteiger partial charge in [0.05, 0.1) is 5.41 Å². The summed E-state index contributed by atoms with van der Waals surface area (Å²) < 4.78 is 0. The maximum atomic E-state index is 11.8. The lowest BCUT2D eigenvalue weighted by Gasteiger charge is -2.27. The van der Waals surface area contributed by atoms with Crippen LogP contribution in [0.5, 0.6) is 0 Å². The maximum Gasteiger partial charge on any atom is 0.226 e. The summed E-state index contributed by atoms with van der Waals surface area (Å²) in [5.74, 6) is 0.109. The van der Waals surface area contributed by atoms with Gasteiger partial charge in [0, 0.05) is 25.7 Å². The number of likely N-dealkylation sites (tertiary alicyclic amines) is 1. The lowest BCUT2D eigenvalue weighted by molar-refractivity contribution is -0.128. The normalized spacial score (nSPS) is 22.3. The molecule has 1 aliphatic rings. The molecule has 0 aromatic carbocycles. The molecule has 4 nitrogen and oxygen atoms in total. The summed E-state index contributed by atoms with van der Waals surface area (Å²) in [6.45, 7) is 11.6. The molecule has 1 rings (SSSR count). The van der Waals surface area contributed by atoms with E-state index in [1.807, 2.05) is 13.8 Å². The molecule has 0 bridgehead atoms. The minimum absolute atomic E-state index is 0.109. The first-order valence-corrected chi connectivity index (χ1v) is 7.56. The molecule has 1 aliphatic heterocycles. The van der Waals surface area contributed by atoms with Gasteiger partial charge in [0.15, 0.2) is 0 Å². The zero-order valence-electron chi connectivity index (χ0n) is 13.3. The molecular weight excluding hydrogens is 238 g/mol. The monoisotopic (exact) mass is 269 g/mol. The number of hydrogen-bond donors (Lipinski definition) is 2. The fraction of sp³-hybridized carbons (Fsp3) is 0.933. The Morgan fingerprint density at radius 2 is 2.00 bits per heavy atom. The lowest BCUT2D eigenvalue weighted by atomic mass is 9.91. The number of carbonyl (C=O) groups is 1. The molecule has 1 amide bonds. The summed E-state index contributed by atoms with van der Waals surface area (Å²) in [4.78, 5) is 14.3. The van der Waals surface area contributed by atoms with Crippen LogP contribution in [0, 0.1) is 5.41 Å². The number of amides is 1. The molecule has 19 heavy (non-hydrogen) atoms. The SMILES string of the molecule is CNC(=O)C(C)(C)CNC1CCCN(C(C)C)CC1. The number of nitrogens with one attached hydrogen (secondary N) is 2. The van der Waals surface area contributed by atoms with E-state index in [1.54, 1.807) is 7.05 Å². The zero-order chi connectivity index (χ0) is 14.5. The molecule has 1 atom stereocenters. The first-order valence-electron chi connectivity index (χ1n) is 7.56. The quantitative estimate of drug-likeness (QED) is 0.797. The van der Waals surface area contributed by atoms with Gasteiger partial charge in [-0.05, 0) is 60.0 Å². The molecule has 112 valence electrons. The van der Waals surface area contributed by atoms with Gasteiger partial charge in [-0.2, -0.15) is 0 Å². The van der Waals surface area contributed by atoms with Crippen molar-refractivity contribution in [1.29, 1.82) is 0 Å². The Morgan fingerprint density at radius 3 is 2.58 bits per heavy atom. The van der Waals surface area contributed by atoms with E-state index in [1.165, 1.54) is 25.8 Å². The average molecular weight is 269 g/mol. The van der Waals surface area contributed by atoms with Gasteiger partial charge in [0.1, 0.15) is 0 Å². The Bertz CT molecular complexity index is 289. The second-order valence-electron chi connectivity index (χ2n) is 6.60. The fourth-order valence-electron chi connectivity index (χ4n) is 2.66. The van der Waals surface area contributed by atoms with Crippen molar-refractivity contribution < 1.29 is 4.79 Å². The minimum atomic E-state index is -0.335. The van der Waals surface area contributed by atoms with E-state index in [4.69, 9.17) is 0 Å². The fourth-order valence-corrected chi connectivity index (χ4v) is 2.66. The summed E-state index contributed by atoms with van der Waals surface area (Å²) in [6, 6.07) is 1.19. The van der Waals surface area contributed by atoms with Gasteiger partial charge in [-0.1, -0.05) is 0 Å². The van der Waals surface area contributed by atoms with Gasteiger partial charge in [-0.3, -0.25) is 4.79 Å². The van der Waals surface area contributed by atoms with Crippen LogP contribution in [0.1, 0.15) is 47.0 Å². The minimum Gasteiger partial charge on any atom is -0.359 e. The highest BCUT2D eigenvalue weighted by Crippen LogP contribution is 2.17. The van der Waals surface area contributed by atoms with Crippen molar-refractivity contribution in [3.8, 4) is 0 Å². The Balaban J connectivity index is 2.40. The van der Waals surface area contributed by atoms with Crippen molar-refractivity contribution in [2.45, 2.75) is 59.0 Å². The molecular formula is C15H31N3O. The second kappa shape index (κ2) is 7.25. The molecule has 0 aliphatic carbocycles. The molecule has 1 heterocycles. The van der Waals surface area contributed by atoms with Crippen LogP contribution in [0.3, 0.4) is 0 Å². The third kappa shape index (κ3) is 5.11. The summed E-state index contributed by atoms with van der Waals surface area (Å²) >= 11 is 0. The predicted octanol–water partition coefficient (Wildman–Crippen LogP) is 1.61. The predicted molar refractivity (Wildman–Crippen MR) is 80.2 cm³/mol. The van der Waals surface area contributed by atoms with E-state index in [0.29, 0.717) is 12.1 Å². The summed E-state index contributed by atoms with van der Waals surface area (Å²) in [6.07, 6.45) is 3.64. The van der Waals surface area contributed by atoms with Crippen LogP contribution in [0.4, 0.5) is 0 Å². The van der Waals surface area contributed by atoms with Crippen LogP contribution in [0.15, 0.2) is 0 Å². The van der Waals surface area contributed by atoms with Crippen LogP contribution in [0.25, 0.3) is 0 Å². The number of nitrogens with zero attached hydrogens (tertiary/aromatic N) is 1. The van der Waals surface area contributed by atoms with Crippen molar-refractivity contribution in [3.63, 3.8) is 0 Å². The molecule has 0 aromatic heterocycles. The third-order valence-electron chi connectivity index (χ3n) is 4.17. The van der Waals surface area contributed by atoms with Crippen molar-refractivity contribution in [2.75, 3.05) is 26.7 Å². The van der Waals surface area contributed by atoms with Gasteiger partial charge in [0.25, 0.3) is 0 Å². The number of rotatable bonds is 5. The van der Waals surface area contributed by atoms with Crippen molar-refractivity contribution in [3.05, 3.63) is 0 Å². The highest BCUT2D eigenvalue weighted by Gasteiger charge is 2.28. The molecule has 0 radical (unpaired) electrons. The van der Waals surface area contributed by atoms with Gasteiger partial charge in [0.2, 0.25) is 5.91 Å².